The Kier molecular flexibility index (Phi) is 8.45. The number of fused-ring (bicyclic) bond motifs is 3. The van der Waals surface area contributed by atoms with E-state index in [1.807, 2.05) is 36.4 Å². The molecule has 0 saturated carbocycles. The monoisotopic (exact) mass is 642 g/mol. The van der Waals surface area contributed by atoms with Crippen LogP contribution in [0.3, 0.4) is 0 Å². The van der Waals surface area contributed by atoms with E-state index >= 15 is 0 Å². The molecular formula is C46H34N4. The average Bonchev–Trinajstić information content (AvgIpc) is 3.62. The van der Waals surface area contributed by atoms with Crippen LogP contribution >= 0.6 is 0 Å². The van der Waals surface area contributed by atoms with Crippen molar-refractivity contribution in [2.75, 3.05) is 0 Å². The lowest BCUT2D eigenvalue weighted by Gasteiger charge is -2.16. The predicted octanol–water partition coefficient (Wildman–Crippen LogP) is 11.7. The predicted molar refractivity (Wildman–Crippen MR) is 208 cm³/mol. The first-order valence-electron chi connectivity index (χ1n) is 16.5. The van der Waals surface area contributed by atoms with Crippen LogP contribution in [0.25, 0.3) is 67.6 Å². The minimum absolute atomic E-state index is 0.397. The second-order valence-electron chi connectivity index (χ2n) is 12.2. The normalized spacial score (nSPS) is 11.4. The molecule has 50 heavy (non-hydrogen) atoms. The van der Waals surface area contributed by atoms with Crippen LogP contribution in [0.4, 0.5) is 0 Å². The first-order valence-corrected chi connectivity index (χ1v) is 16.5. The van der Waals surface area contributed by atoms with E-state index in [9.17, 15) is 10.5 Å². The number of rotatable bonds is 8. The molecule has 7 rings (SSSR count). The summed E-state index contributed by atoms with van der Waals surface area (Å²) in [6.07, 6.45) is 9.51. The number of hydrogen-bond acceptors (Lipinski definition) is 2. The van der Waals surface area contributed by atoms with Crippen molar-refractivity contribution in [2.45, 2.75) is 13.8 Å². The molecule has 0 saturated heterocycles. The summed E-state index contributed by atoms with van der Waals surface area (Å²) < 4.78 is 4.45. The Morgan fingerprint density at radius 3 is 1.92 bits per heavy atom. The van der Waals surface area contributed by atoms with Crippen molar-refractivity contribution in [3.63, 3.8) is 0 Å². The third-order valence-electron chi connectivity index (χ3n) is 9.38. The van der Waals surface area contributed by atoms with E-state index in [0.29, 0.717) is 11.1 Å². The molecule has 0 atom stereocenters. The van der Waals surface area contributed by atoms with Gasteiger partial charge in [0, 0.05) is 39.0 Å². The zero-order valence-corrected chi connectivity index (χ0v) is 28.1. The Labute approximate surface area is 292 Å². The molecule has 0 aliphatic carbocycles. The van der Waals surface area contributed by atoms with Crippen LogP contribution in [0, 0.1) is 36.5 Å². The largest absolute Gasteiger partial charge is 0.310 e. The van der Waals surface area contributed by atoms with Gasteiger partial charge in [-0.15, -0.1) is 0 Å². The van der Waals surface area contributed by atoms with Crippen LogP contribution in [-0.4, -0.2) is 9.13 Å². The van der Waals surface area contributed by atoms with E-state index < -0.39 is 0 Å². The van der Waals surface area contributed by atoms with Gasteiger partial charge in [-0.05, 0) is 90.2 Å². The summed E-state index contributed by atoms with van der Waals surface area (Å²) in [7, 11) is 0. The Morgan fingerprint density at radius 1 is 0.660 bits per heavy atom. The molecule has 2 aromatic heterocycles. The molecule has 0 bridgehead atoms. The fourth-order valence-electron chi connectivity index (χ4n) is 6.84. The van der Waals surface area contributed by atoms with Gasteiger partial charge in [-0.3, -0.25) is 0 Å². The molecule has 238 valence electrons. The van der Waals surface area contributed by atoms with E-state index in [-0.39, 0.29) is 0 Å². The highest BCUT2D eigenvalue weighted by atomic mass is 15.0. The van der Waals surface area contributed by atoms with Crippen LogP contribution in [0.2, 0.25) is 0 Å². The molecule has 0 aliphatic rings. The summed E-state index contributed by atoms with van der Waals surface area (Å²) in [6.45, 7) is 11.9. The summed E-state index contributed by atoms with van der Waals surface area (Å²) in [4.78, 5) is 0. The quantitative estimate of drug-likeness (QED) is 0.122. The summed E-state index contributed by atoms with van der Waals surface area (Å²) in [5.41, 5.74) is 13.5. The number of nitrogens with zero attached hydrogens (tertiary/aromatic N) is 4. The molecule has 4 heteroatoms. The molecule has 0 N–H and O–H groups in total. The van der Waals surface area contributed by atoms with Crippen molar-refractivity contribution in [1.82, 2.24) is 9.13 Å². The number of hydrogen-bond donors (Lipinski definition) is 0. The smallest absolute Gasteiger partial charge is 0.101 e. The summed E-state index contributed by atoms with van der Waals surface area (Å²) in [6, 6.07) is 44.3. The highest BCUT2D eigenvalue weighted by Gasteiger charge is 2.19. The fourth-order valence-corrected chi connectivity index (χ4v) is 6.84. The van der Waals surface area contributed by atoms with Gasteiger partial charge < -0.3 is 9.13 Å². The molecule has 0 radical (unpaired) electrons. The summed E-state index contributed by atoms with van der Waals surface area (Å²) in [5.74, 6) is 0. The molecule has 4 nitrogen and oxygen atoms in total. The Bertz CT molecular complexity index is 2550. The number of benzene rings is 5. The van der Waals surface area contributed by atoms with Crippen LogP contribution in [0.5, 0.6) is 0 Å². The molecule has 0 fully saturated rings. The third-order valence-corrected chi connectivity index (χ3v) is 9.38. The highest BCUT2D eigenvalue weighted by Crippen LogP contribution is 2.38. The zero-order valence-electron chi connectivity index (χ0n) is 28.1. The van der Waals surface area contributed by atoms with E-state index in [1.54, 1.807) is 12.2 Å². The van der Waals surface area contributed by atoms with Crippen molar-refractivity contribution in [3.05, 3.63) is 180 Å². The average molecular weight is 643 g/mol. The fraction of sp³-hybridized carbons (Fsp3) is 0.0435. The first-order chi connectivity index (χ1) is 24.4. The van der Waals surface area contributed by atoms with Gasteiger partial charge >= 0.3 is 0 Å². The number of aromatic nitrogens is 2. The Hall–Kier alpha value is -6.88. The molecule has 0 aliphatic heterocycles. The molecule has 0 spiro atoms. The molecule has 0 amide bonds. The van der Waals surface area contributed by atoms with Gasteiger partial charge in [-0.25, -0.2) is 0 Å². The lowest BCUT2D eigenvalue weighted by Crippen LogP contribution is -2.01. The molecule has 5 aromatic carbocycles. The van der Waals surface area contributed by atoms with Crippen molar-refractivity contribution >= 4 is 34.0 Å². The summed E-state index contributed by atoms with van der Waals surface area (Å²) >= 11 is 0. The highest BCUT2D eigenvalue weighted by molar-refractivity contribution is 6.10. The van der Waals surface area contributed by atoms with Crippen molar-refractivity contribution in [1.29, 1.82) is 10.5 Å². The first kappa shape index (κ1) is 31.7. The van der Waals surface area contributed by atoms with Crippen molar-refractivity contribution in [3.8, 4) is 45.8 Å². The number of nitriles is 2. The third kappa shape index (κ3) is 5.46. The topological polar surface area (TPSA) is 57.4 Å². The van der Waals surface area contributed by atoms with Gasteiger partial charge in [-0.1, -0.05) is 110 Å². The SMILES string of the molecule is C=C/C=C\c1c(C)c(C)c(/C=C\C(=C)C#N)n1-c1cccc(-c2ccc(-c3cccc(C#N)c3-n3c4ccccc4c4ccccc43)cc2)c1. The van der Waals surface area contributed by atoms with Gasteiger partial charge in [0.15, 0.2) is 0 Å². The Morgan fingerprint density at radius 2 is 1.28 bits per heavy atom. The van der Waals surface area contributed by atoms with Crippen molar-refractivity contribution in [2.24, 2.45) is 0 Å². The molecular weight excluding hydrogens is 609 g/mol. The van der Waals surface area contributed by atoms with Gasteiger partial charge in [0.2, 0.25) is 0 Å². The summed E-state index contributed by atoms with van der Waals surface area (Å²) in [5, 5.41) is 22.0. The standard InChI is InChI=1S/C46H34N4/c1-5-6-19-42-32(3)33(4)43(27-22-31(2)29-47)49(42)38-15-11-13-36(28-38)34-23-25-35(26-24-34)39-18-12-14-37(30-48)46(39)50-44-20-9-7-16-40(44)41-17-8-10-21-45(41)50/h5-28H,1-2H2,3-4H3/b19-6-,27-22-. The maximum Gasteiger partial charge on any atom is 0.101 e. The van der Waals surface area contributed by atoms with E-state index in [4.69, 9.17) is 0 Å². The van der Waals surface area contributed by atoms with Gasteiger partial charge in [0.05, 0.1) is 28.4 Å². The lowest BCUT2D eigenvalue weighted by molar-refractivity contribution is 1.04. The van der Waals surface area contributed by atoms with Gasteiger partial charge in [-0.2, -0.15) is 10.5 Å². The van der Waals surface area contributed by atoms with E-state index in [1.165, 1.54) is 0 Å². The number of para-hydroxylation sites is 3. The van der Waals surface area contributed by atoms with Gasteiger partial charge in [0.1, 0.15) is 6.07 Å². The Balaban J connectivity index is 1.34. The molecule has 0 unspecified atom stereocenters. The molecule has 2 heterocycles. The van der Waals surface area contributed by atoms with Crippen LogP contribution in [0.1, 0.15) is 28.1 Å². The number of allylic oxidation sites excluding steroid dienone is 4. The van der Waals surface area contributed by atoms with E-state index in [2.05, 4.69) is 145 Å². The molecule has 7 aromatic rings. The van der Waals surface area contributed by atoms with Crippen LogP contribution in [-0.2, 0) is 0 Å². The van der Waals surface area contributed by atoms with Crippen LogP contribution < -0.4 is 0 Å². The maximum absolute atomic E-state index is 10.3. The second-order valence-corrected chi connectivity index (χ2v) is 12.2. The van der Waals surface area contributed by atoms with Crippen molar-refractivity contribution < 1.29 is 0 Å². The second kappa shape index (κ2) is 13.3. The zero-order chi connectivity index (χ0) is 34.8. The minimum Gasteiger partial charge on any atom is -0.310 e. The van der Waals surface area contributed by atoms with Crippen LogP contribution in [0.15, 0.2) is 152 Å². The van der Waals surface area contributed by atoms with Gasteiger partial charge in [0.25, 0.3) is 0 Å². The van der Waals surface area contributed by atoms with E-state index in [0.717, 1.165) is 77.9 Å². The maximum atomic E-state index is 10.3. The minimum atomic E-state index is 0.397. The lowest BCUT2D eigenvalue weighted by atomic mass is 9.97.